The van der Waals surface area contributed by atoms with E-state index in [2.05, 4.69) is 18.4 Å². The van der Waals surface area contributed by atoms with Crippen molar-refractivity contribution in [3.8, 4) is 0 Å². The number of rotatable bonds is 6. The van der Waals surface area contributed by atoms with E-state index in [0.29, 0.717) is 6.04 Å². The van der Waals surface area contributed by atoms with E-state index in [9.17, 15) is 0 Å². The lowest BCUT2D eigenvalue weighted by atomic mass is 10.1. The fraction of sp³-hybridized carbons (Fsp3) is 1.00. The van der Waals surface area contributed by atoms with Crippen LogP contribution in [-0.4, -0.2) is 12.6 Å². The van der Waals surface area contributed by atoms with Crippen LogP contribution in [0.4, 0.5) is 0 Å². The molecule has 0 fully saturated rings. The highest BCUT2D eigenvalue weighted by Crippen LogP contribution is 2.02. The van der Waals surface area contributed by atoms with Gasteiger partial charge in [-0.1, -0.05) is 26.2 Å². The Balaban J connectivity index is 2.89. The topological polar surface area (TPSA) is 55.3 Å². The maximum atomic E-state index is 3.99. The Hall–Kier alpha value is -0.0800. The normalized spacial score (nSPS) is 13.5. The molecule has 6 N–H and O–H groups in total. The number of unbranched alkanes of at least 4 members (excludes halogenated alkanes) is 3. The van der Waals surface area contributed by atoms with Gasteiger partial charge in [-0.25, -0.2) is 0 Å². The van der Waals surface area contributed by atoms with E-state index in [1.54, 1.807) is 0 Å². The van der Waals surface area contributed by atoms with Gasteiger partial charge in [-0.15, -0.1) is 0 Å². The molecular weight excluding hydrogens is 124 g/mol. The predicted molar refractivity (Wildman–Crippen MR) is 43.2 cm³/mol. The maximum absolute atomic E-state index is 3.99. The van der Waals surface area contributed by atoms with Gasteiger partial charge in [0.25, 0.3) is 0 Å². The van der Waals surface area contributed by atoms with Crippen LogP contribution in [-0.2, 0) is 0 Å². The summed E-state index contributed by atoms with van der Waals surface area (Å²) in [5.41, 5.74) is 7.81. The molecule has 0 spiro atoms. The van der Waals surface area contributed by atoms with Crippen molar-refractivity contribution >= 4 is 0 Å². The van der Waals surface area contributed by atoms with Crippen LogP contribution >= 0.6 is 0 Å². The lowest BCUT2D eigenvalue weighted by Gasteiger charge is -2.01. The molecule has 0 aromatic rings. The van der Waals surface area contributed by atoms with Gasteiger partial charge in [0.2, 0.25) is 0 Å². The maximum Gasteiger partial charge on any atom is 0.134 e. The first-order valence-electron chi connectivity index (χ1n) is 4.43. The Morgan fingerprint density at radius 1 is 1.20 bits per heavy atom. The fourth-order valence-electron chi connectivity index (χ4n) is 1.00. The third-order valence-corrected chi connectivity index (χ3v) is 1.87. The summed E-state index contributed by atoms with van der Waals surface area (Å²) in [5.74, 6) is 0. The molecule has 0 saturated heterocycles. The standard InChI is InChI=1S/C8H20N2/c1-2-3-4-5-6-8(10)7-9/h8H,2-7,9-10H2,1H3/p+2. The quantitative estimate of drug-likeness (QED) is 0.488. The zero-order chi connectivity index (χ0) is 7.82. The van der Waals surface area contributed by atoms with Gasteiger partial charge in [-0.2, -0.15) is 0 Å². The zero-order valence-electron chi connectivity index (χ0n) is 7.23. The molecule has 0 saturated carbocycles. The van der Waals surface area contributed by atoms with Crippen molar-refractivity contribution in [3.05, 3.63) is 0 Å². The lowest BCUT2D eigenvalue weighted by molar-refractivity contribution is -0.494. The minimum atomic E-state index is 0.594. The molecule has 2 nitrogen and oxygen atoms in total. The second-order valence-electron chi connectivity index (χ2n) is 3.00. The average Bonchev–Trinajstić information content (AvgIpc) is 1.98. The van der Waals surface area contributed by atoms with Crippen LogP contribution in [0.3, 0.4) is 0 Å². The van der Waals surface area contributed by atoms with E-state index in [1.807, 2.05) is 0 Å². The SMILES string of the molecule is CCCCCCC([NH3+])C[NH3+]. The highest BCUT2D eigenvalue weighted by Gasteiger charge is 2.03. The Morgan fingerprint density at radius 2 is 1.90 bits per heavy atom. The van der Waals surface area contributed by atoms with Crippen molar-refractivity contribution in [2.75, 3.05) is 6.54 Å². The molecule has 0 aliphatic carbocycles. The summed E-state index contributed by atoms with van der Waals surface area (Å²) >= 11 is 0. The Labute approximate surface area is 64.0 Å². The molecule has 1 atom stereocenters. The minimum absolute atomic E-state index is 0.594. The van der Waals surface area contributed by atoms with Crippen molar-refractivity contribution < 1.29 is 11.5 Å². The van der Waals surface area contributed by atoms with Gasteiger partial charge in [-0.3, -0.25) is 0 Å². The first kappa shape index (κ1) is 9.92. The lowest BCUT2D eigenvalue weighted by Crippen LogP contribution is -2.72. The monoisotopic (exact) mass is 146 g/mol. The summed E-state index contributed by atoms with van der Waals surface area (Å²) < 4.78 is 0. The molecule has 2 heteroatoms. The third kappa shape index (κ3) is 6.05. The molecule has 10 heavy (non-hydrogen) atoms. The largest absolute Gasteiger partial charge is 0.353 e. The first-order valence-corrected chi connectivity index (χ1v) is 4.43. The van der Waals surface area contributed by atoms with Gasteiger partial charge >= 0.3 is 0 Å². The summed E-state index contributed by atoms with van der Waals surface area (Å²) in [4.78, 5) is 0. The van der Waals surface area contributed by atoms with Crippen molar-refractivity contribution in [2.24, 2.45) is 0 Å². The molecule has 0 heterocycles. The van der Waals surface area contributed by atoms with Gasteiger partial charge in [-0.05, 0) is 6.42 Å². The van der Waals surface area contributed by atoms with Gasteiger partial charge in [0.1, 0.15) is 12.6 Å². The molecule has 0 aromatic carbocycles. The number of hydrogen-bond donors (Lipinski definition) is 2. The number of quaternary nitrogens is 2. The molecule has 1 unspecified atom stereocenters. The highest BCUT2D eigenvalue weighted by atomic mass is 14.7. The van der Waals surface area contributed by atoms with Crippen molar-refractivity contribution in [3.63, 3.8) is 0 Å². The smallest absolute Gasteiger partial charge is 0.134 e. The van der Waals surface area contributed by atoms with Crippen molar-refractivity contribution in [1.29, 1.82) is 0 Å². The Morgan fingerprint density at radius 3 is 2.40 bits per heavy atom. The minimum Gasteiger partial charge on any atom is -0.353 e. The Kier molecular flexibility index (Phi) is 6.98. The van der Waals surface area contributed by atoms with E-state index in [0.717, 1.165) is 6.54 Å². The first-order chi connectivity index (χ1) is 4.81. The second kappa shape index (κ2) is 7.03. The molecule has 62 valence electrons. The van der Waals surface area contributed by atoms with Crippen LogP contribution in [0, 0.1) is 0 Å². The van der Waals surface area contributed by atoms with Gasteiger partial charge in [0.15, 0.2) is 0 Å². The van der Waals surface area contributed by atoms with Crippen LogP contribution in [0.5, 0.6) is 0 Å². The van der Waals surface area contributed by atoms with Crippen LogP contribution < -0.4 is 11.5 Å². The summed E-state index contributed by atoms with van der Waals surface area (Å²) in [5, 5.41) is 0. The zero-order valence-corrected chi connectivity index (χ0v) is 7.23. The molecule has 0 amide bonds. The third-order valence-electron chi connectivity index (χ3n) is 1.87. The highest BCUT2D eigenvalue weighted by molar-refractivity contribution is 4.50. The van der Waals surface area contributed by atoms with Gasteiger partial charge in [0.05, 0.1) is 0 Å². The predicted octanol–water partition coefficient (Wildman–Crippen LogP) is -0.191. The van der Waals surface area contributed by atoms with E-state index in [-0.39, 0.29) is 0 Å². The molecule has 0 aromatic heterocycles. The summed E-state index contributed by atoms with van der Waals surface area (Å²) in [6.07, 6.45) is 6.69. The molecule has 0 bridgehead atoms. The van der Waals surface area contributed by atoms with Crippen LogP contribution in [0.15, 0.2) is 0 Å². The van der Waals surface area contributed by atoms with E-state index < -0.39 is 0 Å². The van der Waals surface area contributed by atoms with E-state index in [1.165, 1.54) is 32.1 Å². The van der Waals surface area contributed by atoms with Gasteiger partial charge < -0.3 is 11.5 Å². The Bertz CT molecular complexity index is 64.3. The van der Waals surface area contributed by atoms with Crippen LogP contribution in [0.25, 0.3) is 0 Å². The molecule has 0 aliphatic rings. The van der Waals surface area contributed by atoms with Crippen LogP contribution in [0.1, 0.15) is 39.0 Å². The fourth-order valence-corrected chi connectivity index (χ4v) is 1.00. The molecule has 0 aliphatic heterocycles. The molecule has 0 rings (SSSR count). The van der Waals surface area contributed by atoms with Gasteiger partial charge in [0, 0.05) is 6.42 Å². The van der Waals surface area contributed by atoms with Crippen molar-refractivity contribution in [2.45, 2.75) is 45.1 Å². The van der Waals surface area contributed by atoms with Crippen LogP contribution in [0.2, 0.25) is 0 Å². The van der Waals surface area contributed by atoms with Crippen molar-refractivity contribution in [1.82, 2.24) is 0 Å². The summed E-state index contributed by atoms with van der Waals surface area (Å²) in [6, 6.07) is 0.594. The molecular formula is C8H22N2+2. The van der Waals surface area contributed by atoms with E-state index in [4.69, 9.17) is 0 Å². The van der Waals surface area contributed by atoms with E-state index >= 15 is 0 Å². The second-order valence-corrected chi connectivity index (χ2v) is 3.00. The summed E-state index contributed by atoms with van der Waals surface area (Å²) in [7, 11) is 0. The average molecular weight is 146 g/mol. The number of hydrogen-bond acceptors (Lipinski definition) is 0. The summed E-state index contributed by atoms with van der Waals surface area (Å²) in [6.45, 7) is 3.23. The molecule has 0 radical (unpaired) electrons.